The summed E-state index contributed by atoms with van der Waals surface area (Å²) >= 11 is 0. The Hall–Kier alpha value is -1.50. The smallest absolute Gasteiger partial charge is 0.203 e. The lowest BCUT2D eigenvalue weighted by Gasteiger charge is -2.39. The van der Waals surface area contributed by atoms with E-state index in [4.69, 9.17) is 18.9 Å². The van der Waals surface area contributed by atoms with E-state index in [0.717, 1.165) is 31.4 Å². The zero-order chi connectivity index (χ0) is 19.4. The SMILES string of the molecule is COc1ccc(C[NH+]2CCC([NH+]3C[C@@H](C)O[C@@H](C)C3)CC2)c(OC)c1OC. The first-order valence-corrected chi connectivity index (χ1v) is 10.2. The third-order valence-electron chi connectivity index (χ3n) is 6.06. The Bertz CT molecular complexity index is 606. The average Bonchev–Trinajstić information content (AvgIpc) is 2.67. The van der Waals surface area contributed by atoms with Crippen LogP contribution in [0.3, 0.4) is 0 Å². The minimum atomic E-state index is 0.380. The molecule has 0 radical (unpaired) electrons. The lowest BCUT2D eigenvalue weighted by atomic mass is 10.0. The van der Waals surface area contributed by atoms with Gasteiger partial charge in [-0.25, -0.2) is 0 Å². The summed E-state index contributed by atoms with van der Waals surface area (Å²) in [6.45, 7) is 10.1. The number of rotatable bonds is 6. The first-order chi connectivity index (χ1) is 13.0. The van der Waals surface area contributed by atoms with Crippen molar-refractivity contribution in [2.45, 2.75) is 51.5 Å². The van der Waals surface area contributed by atoms with Gasteiger partial charge in [0.1, 0.15) is 31.8 Å². The van der Waals surface area contributed by atoms with Crippen molar-refractivity contribution in [3.63, 3.8) is 0 Å². The van der Waals surface area contributed by atoms with Crippen molar-refractivity contribution in [3.8, 4) is 17.2 Å². The molecule has 152 valence electrons. The molecule has 2 heterocycles. The number of nitrogens with one attached hydrogen (secondary N) is 2. The second kappa shape index (κ2) is 9.13. The molecule has 0 aliphatic carbocycles. The van der Waals surface area contributed by atoms with Gasteiger partial charge in [0, 0.05) is 12.8 Å². The van der Waals surface area contributed by atoms with Gasteiger partial charge in [0.2, 0.25) is 5.75 Å². The predicted molar refractivity (Wildman–Crippen MR) is 104 cm³/mol. The molecule has 0 saturated carbocycles. The molecule has 3 atom stereocenters. The molecule has 1 aromatic rings. The molecule has 3 rings (SSSR count). The Morgan fingerprint density at radius 2 is 1.56 bits per heavy atom. The van der Waals surface area contributed by atoms with E-state index in [1.807, 2.05) is 6.07 Å². The number of methoxy groups -OCH3 is 3. The summed E-state index contributed by atoms with van der Waals surface area (Å²) in [6.07, 6.45) is 3.31. The summed E-state index contributed by atoms with van der Waals surface area (Å²) < 4.78 is 22.5. The van der Waals surface area contributed by atoms with Gasteiger partial charge in [0.25, 0.3) is 0 Å². The quantitative estimate of drug-likeness (QED) is 0.727. The first-order valence-electron chi connectivity index (χ1n) is 10.2. The number of morpholine rings is 1. The van der Waals surface area contributed by atoms with E-state index < -0.39 is 0 Å². The molecule has 0 aromatic heterocycles. The molecule has 2 N–H and O–H groups in total. The van der Waals surface area contributed by atoms with Gasteiger partial charge in [-0.1, -0.05) is 0 Å². The summed E-state index contributed by atoms with van der Waals surface area (Å²) in [7, 11) is 5.02. The van der Waals surface area contributed by atoms with Crippen molar-refractivity contribution in [1.82, 2.24) is 0 Å². The van der Waals surface area contributed by atoms with Gasteiger partial charge in [-0.05, 0) is 26.0 Å². The van der Waals surface area contributed by atoms with Crippen LogP contribution in [-0.4, -0.2) is 65.8 Å². The lowest BCUT2D eigenvalue weighted by Crippen LogP contribution is -3.22. The lowest BCUT2D eigenvalue weighted by molar-refractivity contribution is -0.970. The number of piperidine rings is 1. The highest BCUT2D eigenvalue weighted by Crippen LogP contribution is 2.39. The van der Waals surface area contributed by atoms with Crippen LogP contribution in [-0.2, 0) is 11.3 Å². The highest BCUT2D eigenvalue weighted by Gasteiger charge is 2.35. The molecule has 1 aromatic carbocycles. The van der Waals surface area contributed by atoms with E-state index in [1.54, 1.807) is 31.1 Å². The number of quaternary nitrogens is 2. The minimum Gasteiger partial charge on any atom is -0.493 e. The molecular weight excluding hydrogens is 344 g/mol. The summed E-state index contributed by atoms with van der Waals surface area (Å²) in [5.74, 6) is 2.20. The van der Waals surface area contributed by atoms with Crippen LogP contribution in [0.4, 0.5) is 0 Å². The van der Waals surface area contributed by atoms with Crippen LogP contribution in [0.1, 0.15) is 32.3 Å². The molecule has 0 amide bonds. The van der Waals surface area contributed by atoms with Gasteiger partial charge in [0.15, 0.2) is 11.5 Å². The normalized spacial score (nSPS) is 31.4. The minimum absolute atomic E-state index is 0.380. The third kappa shape index (κ3) is 4.68. The van der Waals surface area contributed by atoms with Crippen LogP contribution in [0.5, 0.6) is 17.2 Å². The van der Waals surface area contributed by atoms with Gasteiger partial charge >= 0.3 is 0 Å². The van der Waals surface area contributed by atoms with E-state index in [9.17, 15) is 0 Å². The standard InChI is InChI=1S/C21H34N2O4/c1-15-12-23(13-16(2)27-15)18-8-10-22(11-9-18)14-17-6-7-19(24-3)21(26-5)20(17)25-4/h6-7,15-16,18H,8-14H2,1-5H3/p+2/t15-,16+. The van der Waals surface area contributed by atoms with Crippen LogP contribution in [0.2, 0.25) is 0 Å². The van der Waals surface area contributed by atoms with Gasteiger partial charge < -0.3 is 28.7 Å². The molecule has 2 aliphatic rings. The van der Waals surface area contributed by atoms with E-state index in [0.29, 0.717) is 23.7 Å². The molecule has 6 nitrogen and oxygen atoms in total. The topological polar surface area (TPSA) is 45.8 Å². The Morgan fingerprint density at radius 1 is 0.926 bits per heavy atom. The maximum Gasteiger partial charge on any atom is 0.203 e. The van der Waals surface area contributed by atoms with Crippen LogP contribution in [0.15, 0.2) is 12.1 Å². The molecule has 27 heavy (non-hydrogen) atoms. The van der Waals surface area contributed by atoms with E-state index in [1.165, 1.54) is 31.5 Å². The number of likely N-dealkylation sites (tertiary alicyclic amines) is 1. The summed E-state index contributed by atoms with van der Waals surface area (Å²) in [6, 6.07) is 4.86. The zero-order valence-corrected chi connectivity index (χ0v) is 17.5. The number of benzene rings is 1. The molecular formula is C21H36N2O4+2. The number of hydrogen-bond acceptors (Lipinski definition) is 4. The highest BCUT2D eigenvalue weighted by molar-refractivity contribution is 5.55. The van der Waals surface area contributed by atoms with Gasteiger partial charge in [-0.15, -0.1) is 0 Å². The van der Waals surface area contributed by atoms with Gasteiger partial charge in [-0.2, -0.15) is 0 Å². The Morgan fingerprint density at radius 3 is 2.11 bits per heavy atom. The summed E-state index contributed by atoms with van der Waals surface area (Å²) in [5, 5.41) is 0. The maximum atomic E-state index is 5.91. The van der Waals surface area contributed by atoms with Crippen molar-refractivity contribution in [1.29, 1.82) is 0 Å². The monoisotopic (exact) mass is 380 g/mol. The molecule has 2 saturated heterocycles. The van der Waals surface area contributed by atoms with E-state index in [2.05, 4.69) is 19.9 Å². The van der Waals surface area contributed by atoms with Crippen LogP contribution < -0.4 is 24.0 Å². The Balaban J connectivity index is 1.61. The zero-order valence-electron chi connectivity index (χ0n) is 17.5. The van der Waals surface area contributed by atoms with Gasteiger partial charge in [0.05, 0.1) is 46.0 Å². The van der Waals surface area contributed by atoms with Crippen molar-refractivity contribution in [2.24, 2.45) is 0 Å². The first kappa shape index (κ1) is 20.2. The average molecular weight is 381 g/mol. The molecule has 0 spiro atoms. The van der Waals surface area contributed by atoms with Crippen molar-refractivity contribution in [2.75, 3.05) is 47.5 Å². The molecule has 6 heteroatoms. The molecule has 0 bridgehead atoms. The fraction of sp³-hybridized carbons (Fsp3) is 0.714. The second-order valence-corrected chi connectivity index (χ2v) is 8.02. The Kier molecular flexibility index (Phi) is 6.84. The van der Waals surface area contributed by atoms with Crippen LogP contribution in [0, 0.1) is 0 Å². The Labute approximate surface area is 163 Å². The highest BCUT2D eigenvalue weighted by atomic mass is 16.5. The van der Waals surface area contributed by atoms with E-state index >= 15 is 0 Å². The number of hydrogen-bond donors (Lipinski definition) is 2. The molecule has 1 unspecified atom stereocenters. The second-order valence-electron chi connectivity index (χ2n) is 8.02. The van der Waals surface area contributed by atoms with Crippen molar-refractivity contribution < 1.29 is 28.7 Å². The summed E-state index contributed by atoms with van der Waals surface area (Å²) in [5.41, 5.74) is 1.18. The largest absolute Gasteiger partial charge is 0.493 e. The van der Waals surface area contributed by atoms with Crippen LogP contribution >= 0.6 is 0 Å². The van der Waals surface area contributed by atoms with Crippen molar-refractivity contribution >= 4 is 0 Å². The molecule has 2 aliphatic heterocycles. The maximum absolute atomic E-state index is 5.91. The predicted octanol–water partition coefficient (Wildman–Crippen LogP) is -0.0482. The fourth-order valence-corrected chi connectivity index (χ4v) is 4.83. The van der Waals surface area contributed by atoms with Crippen molar-refractivity contribution in [3.05, 3.63) is 17.7 Å². The van der Waals surface area contributed by atoms with Crippen LogP contribution in [0.25, 0.3) is 0 Å². The van der Waals surface area contributed by atoms with Gasteiger partial charge in [-0.3, -0.25) is 0 Å². The summed E-state index contributed by atoms with van der Waals surface area (Å²) in [4.78, 5) is 3.36. The van der Waals surface area contributed by atoms with E-state index in [-0.39, 0.29) is 0 Å². The number of ether oxygens (including phenoxy) is 4. The third-order valence-corrected chi connectivity index (χ3v) is 6.06. The fourth-order valence-electron chi connectivity index (χ4n) is 4.83. The molecule has 2 fully saturated rings.